The van der Waals surface area contributed by atoms with Crippen molar-refractivity contribution in [1.82, 2.24) is 24.7 Å². The van der Waals surface area contributed by atoms with Gasteiger partial charge in [-0.3, -0.25) is 0 Å². The standard InChI is InChI=1S/C20H24N8O2/c1-20(2,13-4-3-7-29-13)9-28-17-14(16(21)25-18(22)26-17)15(27-28)10-5-6-12-11(8-10)24-19(23)30-12/h5-6,8,13H,3-4,7,9H2,1-2H3,(H2,23,24)(H4,21,22,25,26). The molecule has 156 valence electrons. The average Bonchev–Trinajstić information content (AvgIpc) is 3.39. The predicted octanol–water partition coefficient (Wildman–Crippen LogP) is 2.59. The molecule has 0 amide bonds. The maximum absolute atomic E-state index is 6.25. The number of anilines is 3. The number of benzene rings is 1. The van der Waals surface area contributed by atoms with Crippen molar-refractivity contribution >= 4 is 39.9 Å². The summed E-state index contributed by atoms with van der Waals surface area (Å²) in [7, 11) is 0. The molecule has 1 aliphatic rings. The fraction of sp³-hybridized carbons (Fsp3) is 0.400. The summed E-state index contributed by atoms with van der Waals surface area (Å²) in [5, 5.41) is 5.52. The number of nitrogens with two attached hydrogens (primary N) is 3. The molecule has 30 heavy (non-hydrogen) atoms. The minimum atomic E-state index is -0.147. The zero-order chi connectivity index (χ0) is 21.0. The largest absolute Gasteiger partial charge is 0.424 e. The van der Waals surface area contributed by atoms with Gasteiger partial charge in [-0.1, -0.05) is 13.8 Å². The maximum atomic E-state index is 6.25. The molecule has 6 N–H and O–H groups in total. The van der Waals surface area contributed by atoms with Crippen molar-refractivity contribution in [3.05, 3.63) is 18.2 Å². The molecule has 0 spiro atoms. The summed E-state index contributed by atoms with van der Waals surface area (Å²) in [5.74, 6) is 0.399. The van der Waals surface area contributed by atoms with Crippen molar-refractivity contribution in [2.75, 3.05) is 23.8 Å². The highest BCUT2D eigenvalue weighted by molar-refractivity contribution is 6.00. The van der Waals surface area contributed by atoms with Gasteiger partial charge in [0.2, 0.25) is 5.95 Å². The third kappa shape index (κ3) is 3.00. The van der Waals surface area contributed by atoms with Gasteiger partial charge in [0.25, 0.3) is 6.01 Å². The SMILES string of the molecule is CC(C)(Cn1nc(-c2ccc3oc(N)nc3c2)c2c(N)nc(N)nc21)C1CCCO1. The van der Waals surface area contributed by atoms with Crippen LogP contribution < -0.4 is 17.2 Å². The van der Waals surface area contributed by atoms with Crippen molar-refractivity contribution in [3.8, 4) is 11.3 Å². The summed E-state index contributed by atoms with van der Waals surface area (Å²) < 4.78 is 13.2. The first kappa shape index (κ1) is 18.6. The van der Waals surface area contributed by atoms with Crippen LogP contribution in [0.5, 0.6) is 0 Å². The number of nitrogens with zero attached hydrogens (tertiary/aromatic N) is 5. The molecule has 1 saturated heterocycles. The lowest BCUT2D eigenvalue weighted by atomic mass is 9.85. The van der Waals surface area contributed by atoms with Gasteiger partial charge in [0.15, 0.2) is 11.2 Å². The van der Waals surface area contributed by atoms with Crippen molar-refractivity contribution in [3.63, 3.8) is 0 Å². The molecule has 4 heterocycles. The van der Waals surface area contributed by atoms with Gasteiger partial charge in [0, 0.05) is 17.6 Å². The third-order valence-corrected chi connectivity index (χ3v) is 5.67. The first-order valence-corrected chi connectivity index (χ1v) is 9.89. The highest BCUT2D eigenvalue weighted by Crippen LogP contribution is 2.37. The molecular formula is C20H24N8O2. The van der Waals surface area contributed by atoms with E-state index < -0.39 is 0 Å². The Balaban J connectivity index is 1.66. The minimum Gasteiger partial charge on any atom is -0.424 e. The van der Waals surface area contributed by atoms with Crippen LogP contribution in [0.25, 0.3) is 33.4 Å². The van der Waals surface area contributed by atoms with E-state index in [2.05, 4.69) is 28.8 Å². The molecular weight excluding hydrogens is 384 g/mol. The summed E-state index contributed by atoms with van der Waals surface area (Å²) in [4.78, 5) is 12.8. The van der Waals surface area contributed by atoms with Crippen LogP contribution in [0.1, 0.15) is 26.7 Å². The fourth-order valence-electron chi connectivity index (χ4n) is 4.20. The zero-order valence-corrected chi connectivity index (χ0v) is 16.9. The highest BCUT2D eigenvalue weighted by atomic mass is 16.5. The molecule has 3 aromatic heterocycles. The normalized spacial score (nSPS) is 17.3. The van der Waals surface area contributed by atoms with Gasteiger partial charge in [-0.05, 0) is 31.0 Å². The molecule has 10 heteroatoms. The molecule has 10 nitrogen and oxygen atoms in total. The van der Waals surface area contributed by atoms with Crippen molar-refractivity contribution in [2.24, 2.45) is 5.41 Å². The number of aromatic nitrogens is 5. The summed E-state index contributed by atoms with van der Waals surface area (Å²) in [5.41, 5.74) is 21.0. The highest BCUT2D eigenvalue weighted by Gasteiger charge is 2.35. The van der Waals surface area contributed by atoms with E-state index in [1.165, 1.54) is 0 Å². The fourth-order valence-corrected chi connectivity index (χ4v) is 4.20. The number of hydrogen-bond donors (Lipinski definition) is 3. The Bertz CT molecular complexity index is 1250. The Labute approximate surface area is 172 Å². The smallest absolute Gasteiger partial charge is 0.292 e. The van der Waals surface area contributed by atoms with Crippen LogP contribution >= 0.6 is 0 Å². The third-order valence-electron chi connectivity index (χ3n) is 5.67. The van der Waals surface area contributed by atoms with E-state index >= 15 is 0 Å². The van der Waals surface area contributed by atoms with Gasteiger partial charge in [-0.25, -0.2) is 4.68 Å². The number of fused-ring (bicyclic) bond motifs is 2. The Morgan fingerprint density at radius 3 is 2.77 bits per heavy atom. The average molecular weight is 408 g/mol. The van der Waals surface area contributed by atoms with E-state index in [1.807, 2.05) is 22.9 Å². The minimum absolute atomic E-state index is 0.113. The lowest BCUT2D eigenvalue weighted by Crippen LogP contribution is -2.33. The predicted molar refractivity (Wildman–Crippen MR) is 114 cm³/mol. The van der Waals surface area contributed by atoms with Crippen LogP contribution in [0.2, 0.25) is 0 Å². The molecule has 1 aromatic carbocycles. The molecule has 4 aromatic rings. The van der Waals surface area contributed by atoms with E-state index in [4.69, 9.17) is 31.5 Å². The van der Waals surface area contributed by atoms with Gasteiger partial charge < -0.3 is 26.4 Å². The van der Waals surface area contributed by atoms with Gasteiger partial charge >= 0.3 is 0 Å². The number of ether oxygens (including phenoxy) is 1. The van der Waals surface area contributed by atoms with Crippen molar-refractivity contribution in [1.29, 1.82) is 0 Å². The van der Waals surface area contributed by atoms with Crippen LogP contribution in [0, 0.1) is 5.41 Å². The molecule has 0 radical (unpaired) electrons. The molecule has 0 bridgehead atoms. The van der Waals surface area contributed by atoms with Crippen molar-refractivity contribution in [2.45, 2.75) is 39.3 Å². The summed E-state index contributed by atoms with van der Waals surface area (Å²) in [6, 6.07) is 5.68. The van der Waals surface area contributed by atoms with Gasteiger partial charge in [0.1, 0.15) is 17.0 Å². The van der Waals surface area contributed by atoms with E-state index in [0.717, 1.165) is 25.0 Å². The van der Waals surface area contributed by atoms with Gasteiger partial charge in [0.05, 0.1) is 18.0 Å². The lowest BCUT2D eigenvalue weighted by molar-refractivity contribution is 0.00840. The molecule has 1 aliphatic heterocycles. The van der Waals surface area contributed by atoms with Crippen LogP contribution in [-0.2, 0) is 11.3 Å². The van der Waals surface area contributed by atoms with Crippen LogP contribution in [-0.4, -0.2) is 37.4 Å². The van der Waals surface area contributed by atoms with E-state index in [0.29, 0.717) is 34.4 Å². The lowest BCUT2D eigenvalue weighted by Gasteiger charge is -2.30. The molecule has 0 saturated carbocycles. The Morgan fingerprint density at radius 1 is 1.17 bits per heavy atom. The molecule has 5 rings (SSSR count). The van der Waals surface area contributed by atoms with Crippen LogP contribution in [0.3, 0.4) is 0 Å². The number of rotatable bonds is 4. The summed E-state index contributed by atoms with van der Waals surface area (Å²) in [6.45, 7) is 5.74. The Kier molecular flexibility index (Phi) is 4.07. The monoisotopic (exact) mass is 408 g/mol. The number of nitrogen functional groups attached to an aromatic ring is 3. The molecule has 1 unspecified atom stereocenters. The molecule has 1 atom stereocenters. The molecule has 0 aliphatic carbocycles. The zero-order valence-electron chi connectivity index (χ0n) is 16.9. The molecule has 1 fully saturated rings. The second kappa shape index (κ2) is 6.56. The maximum Gasteiger partial charge on any atom is 0.292 e. The summed E-state index contributed by atoms with van der Waals surface area (Å²) >= 11 is 0. The summed E-state index contributed by atoms with van der Waals surface area (Å²) in [6.07, 6.45) is 2.26. The Hall–Kier alpha value is -3.40. The quantitative estimate of drug-likeness (QED) is 0.461. The van der Waals surface area contributed by atoms with Crippen molar-refractivity contribution < 1.29 is 9.15 Å². The van der Waals surface area contributed by atoms with E-state index in [-0.39, 0.29) is 29.3 Å². The van der Waals surface area contributed by atoms with Gasteiger partial charge in [-0.2, -0.15) is 20.1 Å². The Morgan fingerprint density at radius 2 is 2.00 bits per heavy atom. The number of oxazole rings is 1. The van der Waals surface area contributed by atoms with E-state index in [1.54, 1.807) is 0 Å². The second-order valence-corrected chi connectivity index (χ2v) is 8.40. The van der Waals surface area contributed by atoms with Gasteiger partial charge in [-0.15, -0.1) is 0 Å². The number of hydrogen-bond acceptors (Lipinski definition) is 9. The van der Waals surface area contributed by atoms with Crippen LogP contribution in [0.15, 0.2) is 22.6 Å². The topological polar surface area (TPSA) is 157 Å². The first-order chi connectivity index (χ1) is 14.3. The second-order valence-electron chi connectivity index (χ2n) is 8.40. The first-order valence-electron chi connectivity index (χ1n) is 9.89. The van der Waals surface area contributed by atoms with E-state index in [9.17, 15) is 0 Å². The van der Waals surface area contributed by atoms with Crippen LogP contribution in [0.4, 0.5) is 17.8 Å².